The fourth-order valence-corrected chi connectivity index (χ4v) is 2.23. The van der Waals surface area contributed by atoms with Crippen molar-refractivity contribution in [2.24, 2.45) is 0 Å². The molecule has 0 unspecified atom stereocenters. The average Bonchev–Trinajstić information content (AvgIpc) is 3.19. The van der Waals surface area contributed by atoms with Gasteiger partial charge in [0.25, 0.3) is 0 Å². The Morgan fingerprint density at radius 3 is 2.65 bits per heavy atom. The van der Waals surface area contributed by atoms with Crippen molar-refractivity contribution in [1.29, 1.82) is 0 Å². The van der Waals surface area contributed by atoms with E-state index in [2.05, 4.69) is 21.2 Å². The minimum atomic E-state index is -4.46. The summed E-state index contributed by atoms with van der Waals surface area (Å²) in [6, 6.07) is 4.07. The molecule has 20 heavy (non-hydrogen) atoms. The Bertz CT molecular complexity index is 515. The highest BCUT2D eigenvalue weighted by atomic mass is 79.9. The maximum atomic E-state index is 12.9. The van der Waals surface area contributed by atoms with Crippen LogP contribution in [-0.2, 0) is 11.0 Å². The van der Waals surface area contributed by atoms with Gasteiger partial charge in [0, 0.05) is 23.2 Å². The van der Waals surface area contributed by atoms with Gasteiger partial charge in [-0.3, -0.25) is 4.79 Å². The first-order chi connectivity index (χ1) is 9.29. The zero-order chi connectivity index (χ0) is 14.9. The monoisotopic (exact) mass is 350 g/mol. The summed E-state index contributed by atoms with van der Waals surface area (Å²) in [7, 11) is 1.67. The first-order valence-electron chi connectivity index (χ1n) is 6.15. The lowest BCUT2D eigenvalue weighted by Gasteiger charge is -2.19. The molecule has 0 atom stereocenters. The number of alkyl halides is 3. The Kier molecular flexibility index (Phi) is 4.27. The lowest BCUT2D eigenvalue weighted by Crippen LogP contribution is -2.34. The van der Waals surface area contributed by atoms with Crippen molar-refractivity contribution < 1.29 is 18.0 Å². The molecular weight excluding hydrogens is 337 g/mol. The Morgan fingerprint density at radius 1 is 1.45 bits per heavy atom. The van der Waals surface area contributed by atoms with Crippen molar-refractivity contribution in [3.05, 3.63) is 28.2 Å². The first kappa shape index (κ1) is 15.2. The second kappa shape index (κ2) is 5.63. The number of anilines is 1. The van der Waals surface area contributed by atoms with Crippen LogP contribution in [0.3, 0.4) is 0 Å². The molecule has 0 heterocycles. The van der Waals surface area contributed by atoms with E-state index in [0.717, 1.165) is 18.9 Å². The first-order valence-corrected chi connectivity index (χ1v) is 6.94. The van der Waals surface area contributed by atoms with Crippen LogP contribution in [0, 0.1) is 0 Å². The summed E-state index contributed by atoms with van der Waals surface area (Å²) in [6.07, 6.45) is -2.53. The van der Waals surface area contributed by atoms with Gasteiger partial charge in [-0.25, -0.2) is 0 Å². The zero-order valence-electron chi connectivity index (χ0n) is 10.8. The summed E-state index contributed by atoms with van der Waals surface area (Å²) in [6.45, 7) is -0.141. The third-order valence-electron chi connectivity index (χ3n) is 3.21. The Morgan fingerprint density at radius 2 is 2.10 bits per heavy atom. The van der Waals surface area contributed by atoms with Gasteiger partial charge >= 0.3 is 6.18 Å². The molecule has 0 bridgehead atoms. The molecule has 1 aromatic carbocycles. The highest BCUT2D eigenvalue weighted by molar-refractivity contribution is 9.10. The van der Waals surface area contributed by atoms with Gasteiger partial charge in [-0.05, 0) is 31.0 Å². The van der Waals surface area contributed by atoms with Crippen molar-refractivity contribution in [2.75, 3.05) is 18.9 Å². The van der Waals surface area contributed by atoms with Crippen molar-refractivity contribution in [3.8, 4) is 0 Å². The lowest BCUT2D eigenvalue weighted by atomic mass is 10.1. The second-order valence-corrected chi connectivity index (χ2v) is 5.69. The van der Waals surface area contributed by atoms with Gasteiger partial charge in [0.15, 0.2) is 0 Å². The molecule has 1 aromatic rings. The molecule has 0 radical (unpaired) electrons. The summed E-state index contributed by atoms with van der Waals surface area (Å²) < 4.78 is 39.0. The lowest BCUT2D eigenvalue weighted by molar-refractivity contribution is -0.137. The Labute approximate surface area is 123 Å². The third kappa shape index (κ3) is 3.65. The summed E-state index contributed by atoms with van der Waals surface area (Å²) in [5, 5.41) is 2.58. The number of amides is 1. The maximum absolute atomic E-state index is 12.9. The quantitative estimate of drug-likeness (QED) is 0.901. The smallest absolute Gasteiger partial charge is 0.376 e. The van der Waals surface area contributed by atoms with Crippen LogP contribution in [0.1, 0.15) is 18.4 Å². The SMILES string of the molecule is CN(C(=O)CNc1ccc(Br)cc1C(F)(F)F)C1CC1. The average molecular weight is 351 g/mol. The molecule has 1 aliphatic carbocycles. The van der Waals surface area contributed by atoms with Crippen molar-refractivity contribution in [1.82, 2.24) is 4.90 Å². The molecule has 7 heteroatoms. The number of carbonyl (C=O) groups excluding carboxylic acids is 1. The summed E-state index contributed by atoms with van der Waals surface area (Å²) in [5.41, 5.74) is -0.869. The van der Waals surface area contributed by atoms with E-state index in [1.807, 2.05) is 0 Å². The van der Waals surface area contributed by atoms with E-state index in [4.69, 9.17) is 0 Å². The van der Waals surface area contributed by atoms with Crippen LogP contribution < -0.4 is 5.32 Å². The third-order valence-corrected chi connectivity index (χ3v) is 3.70. The molecule has 1 fully saturated rings. The Hall–Kier alpha value is -1.24. The van der Waals surface area contributed by atoms with Crippen LogP contribution in [-0.4, -0.2) is 30.4 Å². The predicted molar refractivity (Wildman–Crippen MR) is 73.4 cm³/mol. The highest BCUT2D eigenvalue weighted by Gasteiger charge is 2.34. The minimum absolute atomic E-state index is 0.0850. The van der Waals surface area contributed by atoms with Gasteiger partial charge in [0.2, 0.25) is 5.91 Å². The van der Waals surface area contributed by atoms with E-state index in [0.29, 0.717) is 4.47 Å². The number of nitrogens with zero attached hydrogens (tertiary/aromatic N) is 1. The standard InChI is InChI=1S/C13H14BrF3N2O/c1-19(9-3-4-9)12(20)7-18-11-5-2-8(14)6-10(11)13(15,16)17/h2,5-6,9,18H,3-4,7H2,1H3. The molecule has 2 rings (SSSR count). The molecule has 1 N–H and O–H groups in total. The van der Waals surface area contributed by atoms with Crippen LogP contribution >= 0.6 is 15.9 Å². The number of rotatable bonds is 4. The highest BCUT2D eigenvalue weighted by Crippen LogP contribution is 2.36. The zero-order valence-corrected chi connectivity index (χ0v) is 12.4. The number of hydrogen-bond acceptors (Lipinski definition) is 2. The number of benzene rings is 1. The molecule has 110 valence electrons. The van der Waals surface area contributed by atoms with Gasteiger partial charge in [-0.15, -0.1) is 0 Å². The number of nitrogens with one attached hydrogen (secondary N) is 1. The number of halogens is 4. The molecule has 0 aliphatic heterocycles. The van der Waals surface area contributed by atoms with Crippen LogP contribution in [0.4, 0.5) is 18.9 Å². The van der Waals surface area contributed by atoms with Crippen LogP contribution in [0.25, 0.3) is 0 Å². The maximum Gasteiger partial charge on any atom is 0.418 e. The van der Waals surface area contributed by atoms with E-state index in [1.54, 1.807) is 11.9 Å². The van der Waals surface area contributed by atoms with Crippen LogP contribution in [0.15, 0.2) is 22.7 Å². The largest absolute Gasteiger partial charge is 0.418 e. The summed E-state index contributed by atoms with van der Waals surface area (Å²) >= 11 is 3.02. The predicted octanol–water partition coefficient (Wildman–Crippen LogP) is 3.50. The van der Waals surface area contributed by atoms with Crippen LogP contribution in [0.2, 0.25) is 0 Å². The summed E-state index contributed by atoms with van der Waals surface area (Å²) in [5.74, 6) is -0.205. The van der Waals surface area contributed by atoms with Crippen molar-refractivity contribution in [2.45, 2.75) is 25.1 Å². The molecule has 0 aromatic heterocycles. The van der Waals surface area contributed by atoms with Gasteiger partial charge in [-0.1, -0.05) is 15.9 Å². The minimum Gasteiger partial charge on any atom is -0.376 e. The molecule has 1 amide bonds. The normalized spacial score (nSPS) is 15.1. The fraction of sp³-hybridized carbons (Fsp3) is 0.462. The van der Waals surface area contributed by atoms with Crippen molar-refractivity contribution in [3.63, 3.8) is 0 Å². The number of hydrogen-bond donors (Lipinski definition) is 1. The van der Waals surface area contributed by atoms with Gasteiger partial charge in [0.1, 0.15) is 0 Å². The molecule has 3 nitrogen and oxygen atoms in total. The molecule has 1 saturated carbocycles. The van der Waals surface area contributed by atoms with Gasteiger partial charge < -0.3 is 10.2 Å². The fourth-order valence-electron chi connectivity index (χ4n) is 1.87. The van der Waals surface area contributed by atoms with Crippen molar-refractivity contribution >= 4 is 27.5 Å². The van der Waals surface area contributed by atoms with E-state index in [-0.39, 0.29) is 24.2 Å². The molecule has 1 aliphatic rings. The van der Waals surface area contributed by atoms with E-state index in [9.17, 15) is 18.0 Å². The number of carbonyl (C=O) groups is 1. The van der Waals surface area contributed by atoms with Gasteiger partial charge in [0.05, 0.1) is 12.1 Å². The molecular formula is C13H14BrF3N2O. The summed E-state index contributed by atoms with van der Waals surface area (Å²) in [4.78, 5) is 13.4. The Balaban J connectivity index is 2.07. The van der Waals surface area contributed by atoms with Crippen LogP contribution in [0.5, 0.6) is 0 Å². The topological polar surface area (TPSA) is 32.3 Å². The van der Waals surface area contributed by atoms with E-state index < -0.39 is 11.7 Å². The molecule has 0 spiro atoms. The molecule has 0 saturated heterocycles. The second-order valence-electron chi connectivity index (χ2n) is 4.78. The van der Waals surface area contributed by atoms with E-state index >= 15 is 0 Å². The number of likely N-dealkylation sites (N-methyl/N-ethyl adjacent to an activating group) is 1. The van der Waals surface area contributed by atoms with Gasteiger partial charge in [-0.2, -0.15) is 13.2 Å². The van der Waals surface area contributed by atoms with E-state index in [1.165, 1.54) is 12.1 Å².